The van der Waals surface area contributed by atoms with Crippen molar-refractivity contribution >= 4 is 24.0 Å². The van der Waals surface area contributed by atoms with Crippen LogP contribution in [0.25, 0.3) is 6.08 Å². The van der Waals surface area contributed by atoms with Crippen LogP contribution in [0.5, 0.6) is 5.75 Å². The highest BCUT2D eigenvalue weighted by Gasteiger charge is 2.38. The van der Waals surface area contributed by atoms with E-state index in [1.807, 2.05) is 6.07 Å². The van der Waals surface area contributed by atoms with Gasteiger partial charge in [-0.25, -0.2) is 14.4 Å². The molecule has 0 radical (unpaired) electrons. The lowest BCUT2D eigenvalue weighted by Gasteiger charge is -2.29. The van der Waals surface area contributed by atoms with Gasteiger partial charge in [0.05, 0.1) is 7.11 Å². The predicted octanol–water partition coefficient (Wildman–Crippen LogP) is 3.20. The largest absolute Gasteiger partial charge is 0.474 e. The highest BCUT2D eigenvalue weighted by Crippen LogP contribution is 2.26. The molecular weight excluding hydrogens is 376 g/mol. The second kappa shape index (κ2) is 8.18. The molecule has 150 valence electrons. The molecule has 29 heavy (non-hydrogen) atoms. The van der Waals surface area contributed by atoms with Crippen LogP contribution < -0.4 is 4.74 Å². The van der Waals surface area contributed by atoms with Crippen molar-refractivity contribution in [2.24, 2.45) is 0 Å². The predicted molar refractivity (Wildman–Crippen MR) is 103 cm³/mol. The molecule has 2 aromatic carbocycles. The van der Waals surface area contributed by atoms with Crippen LogP contribution in [0.4, 0.5) is 0 Å². The lowest BCUT2D eigenvalue weighted by molar-refractivity contribution is -0.222. The van der Waals surface area contributed by atoms with Crippen LogP contribution in [-0.2, 0) is 28.6 Å². The topological polar surface area (TPSA) is 88.1 Å². The average Bonchev–Trinajstić information content (AvgIpc) is 2.69. The molecule has 0 aliphatic carbocycles. The third kappa shape index (κ3) is 4.82. The van der Waals surface area contributed by atoms with E-state index < -0.39 is 29.8 Å². The van der Waals surface area contributed by atoms with Gasteiger partial charge in [-0.2, -0.15) is 0 Å². The van der Waals surface area contributed by atoms with Crippen LogP contribution >= 0.6 is 0 Å². The van der Waals surface area contributed by atoms with Gasteiger partial charge in [0.2, 0.25) is 6.10 Å². The minimum Gasteiger partial charge on any atom is -0.474 e. The number of methoxy groups -OCH3 is 1. The Labute approximate surface area is 167 Å². The van der Waals surface area contributed by atoms with Crippen molar-refractivity contribution in [3.05, 3.63) is 71.3 Å². The molecule has 0 N–H and O–H groups in total. The molecule has 0 saturated carbocycles. The number of benzene rings is 2. The number of carbonyl (C=O) groups excluding carboxylic acids is 3. The molecule has 0 bridgehead atoms. The number of hydrogen-bond acceptors (Lipinski definition) is 7. The first-order valence-electron chi connectivity index (χ1n) is 8.87. The van der Waals surface area contributed by atoms with E-state index in [0.29, 0.717) is 16.9 Å². The zero-order valence-corrected chi connectivity index (χ0v) is 16.2. The Bertz CT molecular complexity index is 921. The monoisotopic (exact) mass is 396 g/mol. The normalized spacial score (nSPS) is 16.3. The molecule has 7 nitrogen and oxygen atoms in total. The van der Waals surface area contributed by atoms with Gasteiger partial charge < -0.3 is 18.9 Å². The zero-order chi connectivity index (χ0) is 21.0. The van der Waals surface area contributed by atoms with Crippen molar-refractivity contribution in [1.29, 1.82) is 0 Å². The summed E-state index contributed by atoms with van der Waals surface area (Å²) in [6, 6.07) is 15.5. The lowest BCUT2D eigenvalue weighted by atomic mass is 10.1. The summed E-state index contributed by atoms with van der Waals surface area (Å²) in [6.45, 7) is 2.96. The molecular formula is C22H20O7. The van der Waals surface area contributed by atoms with Crippen LogP contribution in [-0.4, -0.2) is 30.8 Å². The smallest absolute Gasteiger partial charge is 0.351 e. The Hall–Kier alpha value is -3.61. The van der Waals surface area contributed by atoms with Crippen LogP contribution in [0.1, 0.15) is 31.1 Å². The highest BCUT2D eigenvalue weighted by atomic mass is 16.7. The summed E-state index contributed by atoms with van der Waals surface area (Å²) in [6.07, 6.45) is 0.453. The van der Waals surface area contributed by atoms with Crippen molar-refractivity contribution in [1.82, 2.24) is 0 Å². The first kappa shape index (κ1) is 20.1. The lowest BCUT2D eigenvalue weighted by Crippen LogP contribution is -2.41. The molecule has 1 atom stereocenters. The number of hydrogen-bond donors (Lipinski definition) is 0. The van der Waals surface area contributed by atoms with E-state index in [1.165, 1.54) is 27.0 Å². The second-order valence-corrected chi connectivity index (χ2v) is 6.74. The number of cyclic esters (lactones) is 2. The number of rotatable bonds is 5. The SMILES string of the molecule is COC(=O)C(Oc1ccc(C=C2C(=O)OC(C)(C)OC2=O)cc1)c1ccccc1. The molecule has 1 fully saturated rings. The molecule has 7 heteroatoms. The summed E-state index contributed by atoms with van der Waals surface area (Å²) in [5, 5.41) is 0. The molecule has 1 aliphatic rings. The van der Waals surface area contributed by atoms with Gasteiger partial charge in [0.25, 0.3) is 5.79 Å². The summed E-state index contributed by atoms with van der Waals surface area (Å²) in [5.74, 6) is -2.90. The van der Waals surface area contributed by atoms with Gasteiger partial charge in [0.1, 0.15) is 11.3 Å². The van der Waals surface area contributed by atoms with Crippen molar-refractivity contribution in [3.8, 4) is 5.75 Å². The summed E-state index contributed by atoms with van der Waals surface area (Å²) < 4.78 is 20.7. The van der Waals surface area contributed by atoms with Gasteiger partial charge in [-0.05, 0) is 23.8 Å². The molecule has 1 unspecified atom stereocenters. The standard InChI is InChI=1S/C22H20O7/c1-22(2)28-19(23)17(20(24)29-22)13-14-9-11-16(12-10-14)27-18(21(25)26-3)15-7-5-4-6-8-15/h4-13,18H,1-3H3. The minimum absolute atomic E-state index is 0.199. The minimum atomic E-state index is -1.29. The van der Waals surface area contributed by atoms with E-state index in [9.17, 15) is 14.4 Å². The number of esters is 3. The van der Waals surface area contributed by atoms with Gasteiger partial charge in [-0.3, -0.25) is 0 Å². The fourth-order valence-electron chi connectivity index (χ4n) is 2.71. The van der Waals surface area contributed by atoms with Crippen LogP contribution in [0.3, 0.4) is 0 Å². The van der Waals surface area contributed by atoms with Gasteiger partial charge in [0.15, 0.2) is 0 Å². The van der Waals surface area contributed by atoms with E-state index in [1.54, 1.807) is 48.5 Å². The van der Waals surface area contributed by atoms with Crippen LogP contribution in [0.2, 0.25) is 0 Å². The van der Waals surface area contributed by atoms with Gasteiger partial charge >= 0.3 is 17.9 Å². The van der Waals surface area contributed by atoms with Crippen molar-refractivity contribution in [3.63, 3.8) is 0 Å². The van der Waals surface area contributed by atoms with E-state index in [-0.39, 0.29) is 5.57 Å². The fraction of sp³-hybridized carbons (Fsp3) is 0.227. The maximum absolute atomic E-state index is 12.1. The Balaban J connectivity index is 1.78. The van der Waals surface area contributed by atoms with Gasteiger partial charge in [-0.15, -0.1) is 0 Å². The summed E-state index contributed by atoms with van der Waals surface area (Å²) in [4.78, 5) is 36.2. The Morgan fingerprint density at radius 1 is 0.966 bits per heavy atom. The maximum atomic E-state index is 12.1. The third-order valence-corrected chi connectivity index (χ3v) is 4.08. The molecule has 2 aromatic rings. The Kier molecular flexibility index (Phi) is 5.68. The highest BCUT2D eigenvalue weighted by molar-refractivity contribution is 6.18. The van der Waals surface area contributed by atoms with Gasteiger partial charge in [0, 0.05) is 19.4 Å². The van der Waals surface area contributed by atoms with E-state index in [4.69, 9.17) is 18.9 Å². The summed E-state index contributed by atoms with van der Waals surface area (Å²) in [7, 11) is 1.29. The Morgan fingerprint density at radius 2 is 1.55 bits per heavy atom. The summed E-state index contributed by atoms with van der Waals surface area (Å²) in [5.41, 5.74) is 1.02. The zero-order valence-electron chi connectivity index (χ0n) is 16.2. The fourth-order valence-corrected chi connectivity index (χ4v) is 2.71. The van der Waals surface area contributed by atoms with Crippen molar-refractivity contribution < 1.29 is 33.3 Å². The van der Waals surface area contributed by atoms with Crippen LogP contribution in [0.15, 0.2) is 60.2 Å². The van der Waals surface area contributed by atoms with E-state index >= 15 is 0 Å². The van der Waals surface area contributed by atoms with Crippen molar-refractivity contribution in [2.45, 2.75) is 25.7 Å². The molecule has 0 amide bonds. The molecule has 0 aromatic heterocycles. The Morgan fingerprint density at radius 3 is 2.10 bits per heavy atom. The maximum Gasteiger partial charge on any atom is 0.351 e. The number of ether oxygens (including phenoxy) is 4. The second-order valence-electron chi connectivity index (χ2n) is 6.74. The van der Waals surface area contributed by atoms with Crippen molar-refractivity contribution in [2.75, 3.05) is 7.11 Å². The van der Waals surface area contributed by atoms with E-state index in [0.717, 1.165) is 0 Å². The number of carbonyl (C=O) groups is 3. The average molecular weight is 396 g/mol. The quantitative estimate of drug-likeness (QED) is 0.436. The first-order chi connectivity index (χ1) is 13.8. The summed E-state index contributed by atoms with van der Waals surface area (Å²) >= 11 is 0. The van der Waals surface area contributed by atoms with Gasteiger partial charge in [-0.1, -0.05) is 42.5 Å². The van der Waals surface area contributed by atoms with Crippen LogP contribution in [0, 0.1) is 0 Å². The molecule has 3 rings (SSSR count). The first-order valence-corrected chi connectivity index (χ1v) is 8.87. The molecule has 1 aliphatic heterocycles. The third-order valence-electron chi connectivity index (χ3n) is 4.08. The molecule has 1 heterocycles. The van der Waals surface area contributed by atoms with E-state index in [2.05, 4.69) is 0 Å². The molecule has 0 spiro atoms. The molecule has 1 saturated heterocycles.